The summed E-state index contributed by atoms with van der Waals surface area (Å²) in [7, 11) is 0. The van der Waals surface area contributed by atoms with E-state index in [1.807, 2.05) is 0 Å². The first-order chi connectivity index (χ1) is 7.58. The zero-order valence-corrected chi connectivity index (χ0v) is 8.27. The van der Waals surface area contributed by atoms with Crippen LogP contribution < -0.4 is 5.32 Å². The summed E-state index contributed by atoms with van der Waals surface area (Å²) in [6.07, 6.45) is 0.231. The van der Waals surface area contributed by atoms with Crippen LogP contribution in [0.2, 0.25) is 0 Å². The van der Waals surface area contributed by atoms with E-state index >= 15 is 0 Å². The molecular formula is C10H9FN2O3. The first kappa shape index (κ1) is 10.5. The van der Waals surface area contributed by atoms with Gasteiger partial charge in [0, 0.05) is 24.9 Å². The molecule has 16 heavy (non-hydrogen) atoms. The minimum Gasteiger partial charge on any atom is -0.355 e. The van der Waals surface area contributed by atoms with E-state index in [2.05, 4.69) is 5.32 Å². The van der Waals surface area contributed by atoms with Crippen molar-refractivity contribution in [2.45, 2.75) is 12.3 Å². The molecule has 0 bridgehead atoms. The summed E-state index contributed by atoms with van der Waals surface area (Å²) < 4.78 is 13.5. The number of nitro benzene ring substituents is 1. The predicted octanol–water partition coefficient (Wildman–Crippen LogP) is 1.34. The zero-order chi connectivity index (χ0) is 11.7. The monoisotopic (exact) mass is 224 g/mol. The van der Waals surface area contributed by atoms with Crippen molar-refractivity contribution in [3.63, 3.8) is 0 Å². The molecule has 0 aromatic heterocycles. The number of hydrogen-bond acceptors (Lipinski definition) is 3. The highest BCUT2D eigenvalue weighted by Crippen LogP contribution is 2.27. The fraction of sp³-hybridized carbons (Fsp3) is 0.300. The predicted molar refractivity (Wildman–Crippen MR) is 53.4 cm³/mol. The Hall–Kier alpha value is -1.98. The summed E-state index contributed by atoms with van der Waals surface area (Å²) in [6, 6.07) is 3.51. The molecule has 1 fully saturated rings. The van der Waals surface area contributed by atoms with Crippen LogP contribution in [-0.4, -0.2) is 17.4 Å². The van der Waals surface area contributed by atoms with Crippen LogP contribution in [0.15, 0.2) is 18.2 Å². The lowest BCUT2D eigenvalue weighted by atomic mass is 9.97. The summed E-state index contributed by atoms with van der Waals surface area (Å²) in [5, 5.41) is 13.0. The molecule has 1 aliphatic rings. The maximum Gasteiger partial charge on any atom is 0.272 e. The summed E-state index contributed by atoms with van der Waals surface area (Å²) in [5.74, 6) is -0.980. The highest BCUT2D eigenvalue weighted by Gasteiger charge is 2.26. The van der Waals surface area contributed by atoms with Gasteiger partial charge in [-0.3, -0.25) is 14.9 Å². The molecule has 0 saturated carbocycles. The van der Waals surface area contributed by atoms with Gasteiger partial charge in [0.15, 0.2) is 0 Å². The second-order valence-corrected chi connectivity index (χ2v) is 3.67. The van der Waals surface area contributed by atoms with Gasteiger partial charge in [-0.05, 0) is 11.6 Å². The smallest absolute Gasteiger partial charge is 0.272 e. The Morgan fingerprint density at radius 1 is 1.50 bits per heavy atom. The van der Waals surface area contributed by atoms with E-state index in [0.29, 0.717) is 12.1 Å². The van der Waals surface area contributed by atoms with Crippen LogP contribution in [0.25, 0.3) is 0 Å². The van der Waals surface area contributed by atoms with Gasteiger partial charge in [0.25, 0.3) is 5.69 Å². The van der Waals surface area contributed by atoms with E-state index < -0.39 is 10.7 Å². The molecule has 1 atom stereocenters. The second kappa shape index (κ2) is 3.88. The van der Waals surface area contributed by atoms with Crippen molar-refractivity contribution in [1.82, 2.24) is 5.32 Å². The lowest BCUT2D eigenvalue weighted by Crippen LogP contribution is -2.13. The molecule has 0 radical (unpaired) electrons. The Balaban J connectivity index is 2.29. The van der Waals surface area contributed by atoms with Crippen molar-refractivity contribution in [2.75, 3.05) is 6.54 Å². The number of halogens is 1. The molecule has 2 rings (SSSR count). The Morgan fingerprint density at radius 3 is 2.75 bits per heavy atom. The number of nitrogens with one attached hydrogen (secondary N) is 1. The van der Waals surface area contributed by atoms with Gasteiger partial charge in [0.2, 0.25) is 5.91 Å². The fourth-order valence-electron chi connectivity index (χ4n) is 1.79. The Kier molecular flexibility index (Phi) is 2.55. The Labute approximate surface area is 90.4 Å². The van der Waals surface area contributed by atoms with Gasteiger partial charge in [0.1, 0.15) is 5.82 Å². The normalized spacial score (nSPS) is 19.6. The quantitative estimate of drug-likeness (QED) is 0.608. The van der Waals surface area contributed by atoms with Crippen LogP contribution in [0.5, 0.6) is 0 Å². The molecule has 1 saturated heterocycles. The number of benzene rings is 1. The molecule has 6 heteroatoms. The average molecular weight is 224 g/mol. The maximum absolute atomic E-state index is 13.5. The van der Waals surface area contributed by atoms with Gasteiger partial charge >= 0.3 is 0 Å². The van der Waals surface area contributed by atoms with Crippen LogP contribution in [0, 0.1) is 15.9 Å². The third-order valence-corrected chi connectivity index (χ3v) is 2.61. The number of nitro groups is 1. The van der Waals surface area contributed by atoms with Gasteiger partial charge in [-0.2, -0.15) is 0 Å². The van der Waals surface area contributed by atoms with Gasteiger partial charge in [0.05, 0.1) is 11.0 Å². The molecule has 1 aliphatic heterocycles. The number of nitrogens with zero attached hydrogens (tertiary/aromatic N) is 1. The molecule has 0 spiro atoms. The van der Waals surface area contributed by atoms with Crippen molar-refractivity contribution in [3.05, 3.63) is 39.7 Å². The SMILES string of the molecule is O=C1CC(c2ccc([N+](=O)[O-])cc2F)CN1. The summed E-state index contributed by atoms with van der Waals surface area (Å²) in [5.41, 5.74) is 0.0717. The van der Waals surface area contributed by atoms with Crippen molar-refractivity contribution < 1.29 is 14.1 Å². The van der Waals surface area contributed by atoms with Crippen LogP contribution in [0.4, 0.5) is 10.1 Å². The molecule has 84 valence electrons. The largest absolute Gasteiger partial charge is 0.355 e. The molecule has 1 N–H and O–H groups in total. The second-order valence-electron chi connectivity index (χ2n) is 3.67. The highest BCUT2D eigenvalue weighted by molar-refractivity contribution is 5.79. The molecular weight excluding hydrogens is 215 g/mol. The number of carbonyl (C=O) groups is 1. The van der Waals surface area contributed by atoms with Crippen LogP contribution >= 0.6 is 0 Å². The standard InChI is InChI=1S/C10H9FN2O3/c11-9-4-7(13(15)16)1-2-8(9)6-3-10(14)12-5-6/h1-2,4,6H,3,5H2,(H,12,14). The van der Waals surface area contributed by atoms with Gasteiger partial charge in [-0.25, -0.2) is 4.39 Å². The topological polar surface area (TPSA) is 72.2 Å². The first-order valence-electron chi connectivity index (χ1n) is 4.78. The van der Waals surface area contributed by atoms with Crippen LogP contribution in [0.1, 0.15) is 17.9 Å². The maximum atomic E-state index is 13.5. The van der Waals surface area contributed by atoms with Gasteiger partial charge in [-0.15, -0.1) is 0 Å². The van der Waals surface area contributed by atoms with E-state index in [1.165, 1.54) is 12.1 Å². The number of amides is 1. The van der Waals surface area contributed by atoms with E-state index in [-0.39, 0.29) is 23.9 Å². The van der Waals surface area contributed by atoms with Crippen LogP contribution in [0.3, 0.4) is 0 Å². The van der Waals surface area contributed by atoms with Gasteiger partial charge < -0.3 is 5.32 Å². The van der Waals surface area contributed by atoms with Crippen molar-refractivity contribution in [1.29, 1.82) is 0 Å². The summed E-state index contributed by atoms with van der Waals surface area (Å²) in [4.78, 5) is 20.7. The molecule has 1 heterocycles. The summed E-state index contributed by atoms with van der Waals surface area (Å²) in [6.45, 7) is 0.383. The minimum absolute atomic E-state index is 0.122. The zero-order valence-electron chi connectivity index (χ0n) is 8.27. The third kappa shape index (κ3) is 1.86. The molecule has 1 amide bonds. The molecule has 5 nitrogen and oxygen atoms in total. The lowest BCUT2D eigenvalue weighted by Gasteiger charge is -2.08. The van der Waals surface area contributed by atoms with Gasteiger partial charge in [-0.1, -0.05) is 0 Å². The minimum atomic E-state index is -0.648. The van der Waals surface area contributed by atoms with E-state index in [0.717, 1.165) is 6.07 Å². The first-order valence-corrected chi connectivity index (χ1v) is 4.78. The van der Waals surface area contributed by atoms with Crippen molar-refractivity contribution >= 4 is 11.6 Å². The van der Waals surface area contributed by atoms with Crippen molar-refractivity contribution in [2.24, 2.45) is 0 Å². The van der Waals surface area contributed by atoms with E-state index in [4.69, 9.17) is 0 Å². The Bertz CT molecular complexity index is 461. The van der Waals surface area contributed by atoms with E-state index in [1.54, 1.807) is 0 Å². The van der Waals surface area contributed by atoms with Crippen LogP contribution in [-0.2, 0) is 4.79 Å². The fourth-order valence-corrected chi connectivity index (χ4v) is 1.79. The average Bonchev–Trinajstić information content (AvgIpc) is 2.64. The van der Waals surface area contributed by atoms with Crippen molar-refractivity contribution in [3.8, 4) is 0 Å². The number of non-ortho nitro benzene ring substituents is 1. The molecule has 1 aromatic rings. The number of hydrogen-bond donors (Lipinski definition) is 1. The lowest BCUT2D eigenvalue weighted by molar-refractivity contribution is -0.385. The highest BCUT2D eigenvalue weighted by atomic mass is 19.1. The molecule has 1 unspecified atom stereocenters. The van der Waals surface area contributed by atoms with E-state index in [9.17, 15) is 19.3 Å². The summed E-state index contributed by atoms with van der Waals surface area (Å²) >= 11 is 0. The Morgan fingerprint density at radius 2 is 2.25 bits per heavy atom. The molecule has 1 aromatic carbocycles. The number of rotatable bonds is 2. The number of carbonyl (C=O) groups excluding carboxylic acids is 1. The molecule has 0 aliphatic carbocycles. The third-order valence-electron chi connectivity index (χ3n) is 2.61.